The molecule has 1 aromatic carbocycles. The van der Waals surface area contributed by atoms with Gasteiger partial charge in [-0.25, -0.2) is 4.68 Å². The number of nitrogens with zero attached hydrogens (tertiary/aromatic N) is 4. The number of carbonyl (C=O) groups excluding carboxylic acids is 1. The average Bonchev–Trinajstić information content (AvgIpc) is 3.44. The fourth-order valence-electron chi connectivity index (χ4n) is 2.87. The molecule has 4 rings (SSSR count). The van der Waals surface area contributed by atoms with Crippen molar-refractivity contribution >= 4 is 5.91 Å². The van der Waals surface area contributed by atoms with E-state index in [1.165, 1.54) is 19.1 Å². The van der Waals surface area contributed by atoms with Crippen LogP contribution < -0.4 is 10.7 Å². The van der Waals surface area contributed by atoms with Gasteiger partial charge >= 0.3 is 6.18 Å². The second-order valence-electron chi connectivity index (χ2n) is 6.96. The number of aryl methyl sites for hydroxylation is 1. The molecule has 30 heavy (non-hydrogen) atoms. The Balaban J connectivity index is 1.57. The maximum Gasteiger partial charge on any atom is 0.416 e. The van der Waals surface area contributed by atoms with Gasteiger partial charge < -0.3 is 9.84 Å². The zero-order valence-electron chi connectivity index (χ0n) is 15.7. The van der Waals surface area contributed by atoms with Gasteiger partial charge in [-0.05, 0) is 38.0 Å². The number of nitrogens with one attached hydrogen (secondary N) is 1. The minimum atomic E-state index is -4.54. The molecule has 8 nitrogen and oxygen atoms in total. The van der Waals surface area contributed by atoms with E-state index in [0.29, 0.717) is 5.82 Å². The first-order chi connectivity index (χ1) is 14.2. The van der Waals surface area contributed by atoms with Crippen molar-refractivity contribution in [2.75, 3.05) is 0 Å². The first-order valence-electron chi connectivity index (χ1n) is 9.11. The summed E-state index contributed by atoms with van der Waals surface area (Å²) in [7, 11) is 0. The summed E-state index contributed by atoms with van der Waals surface area (Å²) in [5.74, 6) is 0.263. The molecule has 2 heterocycles. The van der Waals surface area contributed by atoms with Crippen molar-refractivity contribution in [1.82, 2.24) is 25.2 Å². The standard InChI is InChI=1S/C19H16F3N5O3/c1-10-7-14(28)16(18(29)23-9-15-24-17(26-30-15)11-5-6-11)25-27(10)13-4-2-3-12(8-13)19(20,21)22/h2-4,7-8,11H,5-6,9H2,1H3,(H,23,29). The van der Waals surface area contributed by atoms with E-state index >= 15 is 0 Å². The van der Waals surface area contributed by atoms with E-state index in [9.17, 15) is 22.8 Å². The van der Waals surface area contributed by atoms with Crippen molar-refractivity contribution in [1.29, 1.82) is 0 Å². The summed E-state index contributed by atoms with van der Waals surface area (Å²) in [5, 5.41) is 10.3. The van der Waals surface area contributed by atoms with Crippen molar-refractivity contribution in [2.24, 2.45) is 0 Å². The highest BCUT2D eigenvalue weighted by Crippen LogP contribution is 2.38. The van der Waals surface area contributed by atoms with Gasteiger partial charge in [-0.15, -0.1) is 0 Å². The number of aromatic nitrogens is 4. The topological polar surface area (TPSA) is 103 Å². The third-order valence-electron chi connectivity index (χ3n) is 4.57. The quantitative estimate of drug-likeness (QED) is 0.682. The SMILES string of the molecule is Cc1cc(=O)c(C(=O)NCc2nc(C3CC3)no2)nn1-c1cccc(C(F)(F)F)c1. The van der Waals surface area contributed by atoms with Gasteiger partial charge in [-0.3, -0.25) is 9.59 Å². The first kappa shape index (κ1) is 19.8. The highest BCUT2D eigenvalue weighted by molar-refractivity contribution is 5.91. The Morgan fingerprint density at radius 3 is 2.77 bits per heavy atom. The lowest BCUT2D eigenvalue weighted by molar-refractivity contribution is -0.137. The van der Waals surface area contributed by atoms with Crippen LogP contribution in [-0.2, 0) is 12.7 Å². The lowest BCUT2D eigenvalue weighted by atomic mass is 10.2. The molecule has 1 N–H and O–H groups in total. The summed E-state index contributed by atoms with van der Waals surface area (Å²) in [6, 6.07) is 5.59. The fraction of sp³-hybridized carbons (Fsp3) is 0.316. The summed E-state index contributed by atoms with van der Waals surface area (Å²) in [4.78, 5) is 28.9. The molecular formula is C19H16F3N5O3. The zero-order chi connectivity index (χ0) is 21.5. The molecular weight excluding hydrogens is 403 g/mol. The number of hydrogen-bond acceptors (Lipinski definition) is 6. The summed E-state index contributed by atoms with van der Waals surface area (Å²) < 4.78 is 45.2. The van der Waals surface area contributed by atoms with E-state index in [1.807, 2.05) is 0 Å². The maximum atomic E-state index is 13.0. The van der Waals surface area contributed by atoms with Gasteiger partial charge in [0.15, 0.2) is 11.5 Å². The highest BCUT2D eigenvalue weighted by Gasteiger charge is 2.31. The Kier molecular flexibility index (Phi) is 4.88. The van der Waals surface area contributed by atoms with Crippen LogP contribution in [0.15, 0.2) is 39.6 Å². The number of rotatable bonds is 5. The maximum absolute atomic E-state index is 13.0. The number of alkyl halides is 3. The van der Waals surface area contributed by atoms with Gasteiger partial charge in [0.2, 0.25) is 11.3 Å². The van der Waals surface area contributed by atoms with Gasteiger partial charge in [-0.2, -0.15) is 23.3 Å². The van der Waals surface area contributed by atoms with Crippen molar-refractivity contribution < 1.29 is 22.5 Å². The third-order valence-corrected chi connectivity index (χ3v) is 4.57. The van der Waals surface area contributed by atoms with Crippen LogP contribution in [0.25, 0.3) is 5.69 Å². The summed E-state index contributed by atoms with van der Waals surface area (Å²) in [6.45, 7) is 1.41. The monoisotopic (exact) mass is 419 g/mol. The molecule has 1 aliphatic carbocycles. The fourth-order valence-corrected chi connectivity index (χ4v) is 2.87. The Morgan fingerprint density at radius 2 is 2.07 bits per heavy atom. The molecule has 0 aliphatic heterocycles. The van der Waals surface area contributed by atoms with Crippen molar-refractivity contribution in [3.63, 3.8) is 0 Å². The predicted molar refractivity (Wildman–Crippen MR) is 97.0 cm³/mol. The Morgan fingerprint density at radius 1 is 1.30 bits per heavy atom. The van der Waals surface area contributed by atoms with Crippen LogP contribution in [0.3, 0.4) is 0 Å². The van der Waals surface area contributed by atoms with Gasteiger partial charge in [0.1, 0.15) is 0 Å². The molecule has 156 valence electrons. The number of amides is 1. The van der Waals surface area contributed by atoms with Gasteiger partial charge in [-0.1, -0.05) is 11.2 Å². The largest absolute Gasteiger partial charge is 0.416 e. The molecule has 3 aromatic rings. The van der Waals surface area contributed by atoms with Gasteiger partial charge in [0.25, 0.3) is 5.91 Å². The molecule has 0 radical (unpaired) electrons. The van der Waals surface area contributed by atoms with Crippen molar-refractivity contribution in [3.05, 3.63) is 69.2 Å². The Bertz CT molecular complexity index is 1160. The highest BCUT2D eigenvalue weighted by atomic mass is 19.4. The molecule has 11 heteroatoms. The summed E-state index contributed by atoms with van der Waals surface area (Å²) in [5.41, 5.74) is -1.63. The second-order valence-corrected chi connectivity index (χ2v) is 6.96. The molecule has 0 spiro atoms. The van der Waals surface area contributed by atoms with Crippen LogP contribution in [0.4, 0.5) is 13.2 Å². The van der Waals surface area contributed by atoms with Gasteiger partial charge in [0, 0.05) is 17.7 Å². The predicted octanol–water partition coefficient (Wildman–Crippen LogP) is 2.75. The molecule has 2 aromatic heterocycles. The van der Waals surface area contributed by atoms with Crippen molar-refractivity contribution in [2.45, 2.75) is 38.4 Å². The van der Waals surface area contributed by atoms with Crippen LogP contribution >= 0.6 is 0 Å². The molecule has 0 atom stereocenters. The number of carbonyl (C=O) groups is 1. The number of hydrogen-bond donors (Lipinski definition) is 1. The van der Waals surface area contributed by atoms with Gasteiger partial charge in [0.05, 0.1) is 17.8 Å². The number of benzene rings is 1. The zero-order valence-corrected chi connectivity index (χ0v) is 15.7. The van der Waals surface area contributed by atoms with Crippen LogP contribution in [0.2, 0.25) is 0 Å². The van der Waals surface area contributed by atoms with Crippen molar-refractivity contribution in [3.8, 4) is 5.69 Å². The smallest absolute Gasteiger partial charge is 0.341 e. The third kappa shape index (κ3) is 4.09. The molecule has 1 fully saturated rings. The van der Waals surface area contributed by atoms with Crippen LogP contribution in [0.1, 0.15) is 52.2 Å². The molecule has 1 amide bonds. The number of halogens is 3. The van der Waals surface area contributed by atoms with E-state index in [4.69, 9.17) is 4.52 Å². The second kappa shape index (κ2) is 7.39. The van der Waals surface area contributed by atoms with Crippen LogP contribution in [0, 0.1) is 6.92 Å². The molecule has 0 saturated heterocycles. The van der Waals surface area contributed by atoms with E-state index < -0.39 is 28.8 Å². The Labute approximate surface area is 167 Å². The molecule has 0 unspecified atom stereocenters. The summed E-state index contributed by atoms with van der Waals surface area (Å²) in [6.07, 6.45) is -2.55. The molecule has 1 saturated carbocycles. The lowest BCUT2D eigenvalue weighted by Crippen LogP contribution is -2.31. The van der Waals surface area contributed by atoms with E-state index in [-0.39, 0.29) is 29.7 Å². The normalized spacial score (nSPS) is 14.0. The Hall–Kier alpha value is -3.50. The lowest BCUT2D eigenvalue weighted by Gasteiger charge is -2.13. The van der Waals surface area contributed by atoms with E-state index in [1.54, 1.807) is 0 Å². The minimum Gasteiger partial charge on any atom is -0.341 e. The molecule has 1 aliphatic rings. The van der Waals surface area contributed by atoms with Crippen LogP contribution in [0.5, 0.6) is 0 Å². The summed E-state index contributed by atoms with van der Waals surface area (Å²) >= 11 is 0. The van der Waals surface area contributed by atoms with E-state index in [0.717, 1.165) is 35.7 Å². The molecule has 0 bridgehead atoms. The van der Waals surface area contributed by atoms with E-state index in [2.05, 4.69) is 20.6 Å². The van der Waals surface area contributed by atoms with Crippen LogP contribution in [-0.4, -0.2) is 25.8 Å². The minimum absolute atomic E-state index is 0.0716. The average molecular weight is 419 g/mol. The first-order valence-corrected chi connectivity index (χ1v) is 9.11.